The van der Waals surface area contributed by atoms with Crippen LogP contribution in [0.25, 0.3) is 10.9 Å². The molecule has 0 aliphatic heterocycles. The predicted octanol–water partition coefficient (Wildman–Crippen LogP) is 1.20. The first-order valence-corrected chi connectivity index (χ1v) is 7.03. The third kappa shape index (κ3) is 3.92. The van der Waals surface area contributed by atoms with Crippen LogP contribution >= 0.6 is 0 Å². The number of carbonyl (C=O) groups is 1. The standard InChI is InChI=1S/C16H20N2O3/c1-10(2)14(19)9-17-15(20)8-12-7-11-5-3-4-6-13(11)18-16(12)21/h3-7,10,14,19H,8-9H2,1-2H3,(H,17,20)(H,18,21). The highest BCUT2D eigenvalue weighted by atomic mass is 16.3. The zero-order valence-corrected chi connectivity index (χ0v) is 12.2. The first-order valence-electron chi connectivity index (χ1n) is 7.03. The predicted molar refractivity (Wildman–Crippen MR) is 82.1 cm³/mol. The van der Waals surface area contributed by atoms with Gasteiger partial charge in [-0.2, -0.15) is 0 Å². The summed E-state index contributed by atoms with van der Waals surface area (Å²) in [6, 6.07) is 9.16. The molecule has 1 heterocycles. The maximum atomic E-state index is 11.9. The average molecular weight is 288 g/mol. The Balaban J connectivity index is 2.07. The summed E-state index contributed by atoms with van der Waals surface area (Å²) in [5.41, 5.74) is 0.917. The quantitative estimate of drug-likeness (QED) is 0.773. The SMILES string of the molecule is CC(C)C(O)CNC(=O)Cc1cc2ccccc2[nH]c1=O. The zero-order chi connectivity index (χ0) is 15.4. The van der Waals surface area contributed by atoms with Gasteiger partial charge in [-0.05, 0) is 23.4 Å². The Kier molecular flexibility index (Phi) is 4.75. The Morgan fingerprint density at radius 1 is 1.33 bits per heavy atom. The van der Waals surface area contributed by atoms with E-state index in [0.29, 0.717) is 5.56 Å². The molecule has 0 bridgehead atoms. The van der Waals surface area contributed by atoms with Crippen molar-refractivity contribution < 1.29 is 9.90 Å². The van der Waals surface area contributed by atoms with Crippen molar-refractivity contribution in [2.24, 2.45) is 5.92 Å². The van der Waals surface area contributed by atoms with E-state index in [2.05, 4.69) is 10.3 Å². The van der Waals surface area contributed by atoms with Crippen molar-refractivity contribution in [1.82, 2.24) is 10.3 Å². The van der Waals surface area contributed by atoms with Crippen LogP contribution in [0.3, 0.4) is 0 Å². The Morgan fingerprint density at radius 3 is 2.76 bits per heavy atom. The van der Waals surface area contributed by atoms with Gasteiger partial charge in [0.1, 0.15) is 0 Å². The summed E-state index contributed by atoms with van der Waals surface area (Å²) in [5.74, 6) is -0.190. The van der Waals surface area contributed by atoms with Gasteiger partial charge in [0.15, 0.2) is 0 Å². The highest BCUT2D eigenvalue weighted by Gasteiger charge is 2.12. The highest BCUT2D eigenvalue weighted by molar-refractivity contribution is 5.82. The number of hydrogen-bond donors (Lipinski definition) is 3. The van der Waals surface area contributed by atoms with Gasteiger partial charge in [0, 0.05) is 17.6 Å². The van der Waals surface area contributed by atoms with Crippen molar-refractivity contribution in [1.29, 1.82) is 0 Å². The molecule has 1 amide bonds. The second-order valence-corrected chi connectivity index (χ2v) is 5.50. The molecular weight excluding hydrogens is 268 g/mol. The van der Waals surface area contributed by atoms with Gasteiger partial charge in [-0.3, -0.25) is 9.59 Å². The van der Waals surface area contributed by atoms with Crippen LogP contribution in [0.2, 0.25) is 0 Å². The third-order valence-corrected chi connectivity index (χ3v) is 3.46. The minimum atomic E-state index is -0.580. The van der Waals surface area contributed by atoms with Crippen molar-refractivity contribution in [3.8, 4) is 0 Å². The molecule has 0 saturated heterocycles. The molecule has 0 radical (unpaired) electrons. The lowest BCUT2D eigenvalue weighted by molar-refractivity contribution is -0.121. The van der Waals surface area contributed by atoms with E-state index in [9.17, 15) is 14.7 Å². The Morgan fingerprint density at radius 2 is 2.05 bits per heavy atom. The van der Waals surface area contributed by atoms with Gasteiger partial charge in [-0.1, -0.05) is 32.0 Å². The fourth-order valence-corrected chi connectivity index (χ4v) is 2.01. The number of aromatic amines is 1. The molecule has 1 aromatic carbocycles. The van der Waals surface area contributed by atoms with Gasteiger partial charge in [0.2, 0.25) is 5.91 Å². The summed E-state index contributed by atoms with van der Waals surface area (Å²) in [7, 11) is 0. The molecule has 3 N–H and O–H groups in total. The molecule has 0 saturated carbocycles. The van der Waals surface area contributed by atoms with Gasteiger partial charge in [0.25, 0.3) is 5.56 Å². The van der Waals surface area contributed by atoms with Gasteiger partial charge < -0.3 is 15.4 Å². The number of para-hydroxylation sites is 1. The minimum Gasteiger partial charge on any atom is -0.391 e. The van der Waals surface area contributed by atoms with Gasteiger partial charge in [-0.15, -0.1) is 0 Å². The number of carbonyl (C=O) groups excluding carboxylic acids is 1. The number of nitrogens with one attached hydrogen (secondary N) is 2. The van der Waals surface area contributed by atoms with Crippen molar-refractivity contribution in [2.45, 2.75) is 26.4 Å². The van der Waals surface area contributed by atoms with Crippen LogP contribution in [0, 0.1) is 5.92 Å². The maximum Gasteiger partial charge on any atom is 0.252 e. The number of aliphatic hydroxyl groups excluding tert-OH is 1. The molecule has 0 aliphatic carbocycles. The second-order valence-electron chi connectivity index (χ2n) is 5.50. The summed E-state index contributed by atoms with van der Waals surface area (Å²) in [5, 5.41) is 13.2. The van der Waals surface area contributed by atoms with E-state index in [1.54, 1.807) is 6.07 Å². The first kappa shape index (κ1) is 15.3. The molecule has 0 fully saturated rings. The van der Waals surface area contributed by atoms with Crippen molar-refractivity contribution in [3.05, 3.63) is 46.2 Å². The Hall–Kier alpha value is -2.14. The lowest BCUT2D eigenvalue weighted by atomic mass is 10.1. The van der Waals surface area contributed by atoms with Crippen molar-refractivity contribution in [3.63, 3.8) is 0 Å². The topological polar surface area (TPSA) is 82.2 Å². The summed E-state index contributed by atoms with van der Waals surface area (Å²) in [4.78, 5) is 26.5. The normalized spacial score (nSPS) is 12.6. The number of amides is 1. The number of aliphatic hydroxyl groups is 1. The number of aromatic nitrogens is 1. The summed E-state index contributed by atoms with van der Waals surface area (Å²) in [6.07, 6.45) is -0.575. The lowest BCUT2D eigenvalue weighted by Crippen LogP contribution is -2.36. The number of benzene rings is 1. The summed E-state index contributed by atoms with van der Waals surface area (Å²) >= 11 is 0. The fourth-order valence-electron chi connectivity index (χ4n) is 2.01. The van der Waals surface area contributed by atoms with Crippen LogP contribution in [0.1, 0.15) is 19.4 Å². The number of pyridine rings is 1. The maximum absolute atomic E-state index is 11.9. The van der Waals surface area contributed by atoms with E-state index in [4.69, 9.17) is 0 Å². The molecule has 112 valence electrons. The molecule has 1 unspecified atom stereocenters. The van der Waals surface area contributed by atoms with E-state index in [1.807, 2.05) is 38.1 Å². The van der Waals surface area contributed by atoms with E-state index >= 15 is 0 Å². The first-order chi connectivity index (χ1) is 9.97. The molecule has 5 nitrogen and oxygen atoms in total. The molecular formula is C16H20N2O3. The van der Waals surface area contributed by atoms with Crippen LogP contribution in [-0.4, -0.2) is 28.6 Å². The monoisotopic (exact) mass is 288 g/mol. The average Bonchev–Trinajstić information content (AvgIpc) is 2.45. The summed E-state index contributed by atoms with van der Waals surface area (Å²) < 4.78 is 0. The van der Waals surface area contributed by atoms with Gasteiger partial charge >= 0.3 is 0 Å². The largest absolute Gasteiger partial charge is 0.391 e. The molecule has 1 atom stereocenters. The van der Waals surface area contributed by atoms with Crippen LogP contribution in [0.15, 0.2) is 35.1 Å². The van der Waals surface area contributed by atoms with E-state index in [1.165, 1.54) is 0 Å². The summed E-state index contributed by atoms with van der Waals surface area (Å²) in [6.45, 7) is 3.96. The highest BCUT2D eigenvalue weighted by Crippen LogP contribution is 2.10. The van der Waals surface area contributed by atoms with Crippen molar-refractivity contribution >= 4 is 16.8 Å². The molecule has 5 heteroatoms. The fraction of sp³-hybridized carbons (Fsp3) is 0.375. The third-order valence-electron chi connectivity index (χ3n) is 3.46. The molecule has 0 aliphatic rings. The number of fused-ring (bicyclic) bond motifs is 1. The smallest absolute Gasteiger partial charge is 0.252 e. The number of H-pyrrole nitrogens is 1. The second kappa shape index (κ2) is 6.54. The van der Waals surface area contributed by atoms with E-state index < -0.39 is 6.10 Å². The van der Waals surface area contributed by atoms with Crippen molar-refractivity contribution in [2.75, 3.05) is 6.54 Å². The van der Waals surface area contributed by atoms with E-state index in [-0.39, 0.29) is 30.3 Å². The zero-order valence-electron chi connectivity index (χ0n) is 12.2. The van der Waals surface area contributed by atoms with Gasteiger partial charge in [0.05, 0.1) is 12.5 Å². The van der Waals surface area contributed by atoms with Crippen LogP contribution in [0.5, 0.6) is 0 Å². The Bertz CT molecular complexity index is 691. The molecule has 1 aromatic heterocycles. The van der Waals surface area contributed by atoms with E-state index in [0.717, 1.165) is 10.9 Å². The minimum absolute atomic E-state index is 0.00494. The molecule has 0 spiro atoms. The molecule has 2 aromatic rings. The molecule has 2 rings (SSSR count). The van der Waals surface area contributed by atoms with Gasteiger partial charge in [-0.25, -0.2) is 0 Å². The number of hydrogen-bond acceptors (Lipinski definition) is 3. The van der Waals surface area contributed by atoms with Crippen LogP contribution in [0.4, 0.5) is 0 Å². The molecule has 21 heavy (non-hydrogen) atoms. The lowest BCUT2D eigenvalue weighted by Gasteiger charge is -2.14. The Labute approximate surface area is 123 Å². The van der Waals surface area contributed by atoms with Crippen LogP contribution in [-0.2, 0) is 11.2 Å². The van der Waals surface area contributed by atoms with Crippen LogP contribution < -0.4 is 10.9 Å². The number of rotatable bonds is 5.